The van der Waals surface area contributed by atoms with E-state index in [9.17, 15) is 5.26 Å². The van der Waals surface area contributed by atoms with Crippen LogP contribution in [0.15, 0.2) is 22.7 Å². The second kappa shape index (κ2) is 5.77. The molecule has 19 heavy (non-hydrogen) atoms. The molecule has 1 aromatic heterocycles. The molecule has 0 aliphatic heterocycles. The topological polar surface area (TPSA) is 41.6 Å². The van der Waals surface area contributed by atoms with Crippen LogP contribution in [0.3, 0.4) is 0 Å². The van der Waals surface area contributed by atoms with Crippen LogP contribution in [0.2, 0.25) is 5.15 Å². The third kappa shape index (κ3) is 2.68. The van der Waals surface area contributed by atoms with E-state index in [1.54, 1.807) is 4.68 Å². The SMILES string of the molecule is CCCc1nn(-c2ccc(Br)cc2C)c(Cl)c1C#N. The van der Waals surface area contributed by atoms with Crippen LogP contribution in [0.1, 0.15) is 30.2 Å². The Hall–Kier alpha value is -1.31. The highest BCUT2D eigenvalue weighted by atomic mass is 79.9. The Labute approximate surface area is 125 Å². The summed E-state index contributed by atoms with van der Waals surface area (Å²) in [5.41, 5.74) is 3.18. The van der Waals surface area contributed by atoms with Gasteiger partial charge in [-0.1, -0.05) is 40.9 Å². The Morgan fingerprint density at radius 3 is 2.79 bits per heavy atom. The maximum Gasteiger partial charge on any atom is 0.150 e. The third-order valence-corrected chi connectivity index (χ3v) is 3.73. The summed E-state index contributed by atoms with van der Waals surface area (Å²) in [5.74, 6) is 0. The molecule has 0 spiro atoms. The summed E-state index contributed by atoms with van der Waals surface area (Å²) in [6, 6.07) is 8.02. The highest BCUT2D eigenvalue weighted by Gasteiger charge is 2.17. The van der Waals surface area contributed by atoms with Gasteiger partial charge in [-0.05, 0) is 37.1 Å². The number of benzene rings is 1. The van der Waals surface area contributed by atoms with Gasteiger partial charge < -0.3 is 0 Å². The third-order valence-electron chi connectivity index (χ3n) is 2.89. The van der Waals surface area contributed by atoms with E-state index in [0.29, 0.717) is 10.7 Å². The average Bonchev–Trinajstić information content (AvgIpc) is 2.66. The molecule has 3 nitrogen and oxygen atoms in total. The fourth-order valence-corrected chi connectivity index (χ4v) is 2.73. The van der Waals surface area contributed by atoms with E-state index in [1.807, 2.05) is 25.1 Å². The molecule has 98 valence electrons. The molecule has 0 radical (unpaired) electrons. The van der Waals surface area contributed by atoms with Crippen LogP contribution in [0.5, 0.6) is 0 Å². The Bertz CT molecular complexity index is 655. The number of nitrogens with zero attached hydrogens (tertiary/aromatic N) is 3. The number of hydrogen-bond acceptors (Lipinski definition) is 2. The van der Waals surface area contributed by atoms with Gasteiger partial charge in [-0.15, -0.1) is 0 Å². The van der Waals surface area contributed by atoms with Crippen LogP contribution in [-0.2, 0) is 6.42 Å². The Balaban J connectivity index is 2.60. The van der Waals surface area contributed by atoms with Gasteiger partial charge >= 0.3 is 0 Å². The molecule has 2 rings (SSSR count). The minimum atomic E-state index is 0.386. The van der Waals surface area contributed by atoms with Crippen molar-refractivity contribution in [3.63, 3.8) is 0 Å². The van der Waals surface area contributed by atoms with Crippen LogP contribution < -0.4 is 0 Å². The van der Waals surface area contributed by atoms with Crippen LogP contribution in [0.25, 0.3) is 5.69 Å². The molecule has 0 N–H and O–H groups in total. The molecule has 0 saturated heterocycles. The van der Waals surface area contributed by atoms with E-state index in [2.05, 4.69) is 34.0 Å². The van der Waals surface area contributed by atoms with Crippen molar-refractivity contribution in [1.82, 2.24) is 9.78 Å². The maximum absolute atomic E-state index is 9.20. The van der Waals surface area contributed by atoms with Crippen LogP contribution in [0, 0.1) is 18.3 Å². The number of nitriles is 1. The van der Waals surface area contributed by atoms with E-state index in [1.165, 1.54) is 0 Å². The first-order valence-electron chi connectivity index (χ1n) is 6.02. The monoisotopic (exact) mass is 337 g/mol. The molecule has 0 atom stereocenters. The molecule has 0 aliphatic carbocycles. The van der Waals surface area contributed by atoms with Crippen molar-refractivity contribution in [1.29, 1.82) is 5.26 Å². The quantitative estimate of drug-likeness (QED) is 0.831. The van der Waals surface area contributed by atoms with Crippen molar-refractivity contribution in [2.24, 2.45) is 0 Å². The number of aryl methyl sites for hydroxylation is 2. The zero-order valence-electron chi connectivity index (χ0n) is 10.7. The summed E-state index contributed by atoms with van der Waals surface area (Å²) < 4.78 is 2.65. The molecule has 0 saturated carbocycles. The van der Waals surface area contributed by atoms with E-state index in [0.717, 1.165) is 34.3 Å². The van der Waals surface area contributed by atoms with E-state index in [-0.39, 0.29) is 0 Å². The highest BCUT2D eigenvalue weighted by Crippen LogP contribution is 2.27. The maximum atomic E-state index is 9.20. The largest absolute Gasteiger partial charge is 0.220 e. The second-order valence-corrected chi connectivity index (χ2v) is 5.59. The number of rotatable bonds is 3. The lowest BCUT2D eigenvalue weighted by molar-refractivity contribution is 0.803. The number of aromatic nitrogens is 2. The van der Waals surface area contributed by atoms with Crippen LogP contribution >= 0.6 is 27.5 Å². The highest BCUT2D eigenvalue weighted by molar-refractivity contribution is 9.10. The molecule has 0 fully saturated rings. The van der Waals surface area contributed by atoms with Gasteiger partial charge in [0.1, 0.15) is 11.6 Å². The minimum absolute atomic E-state index is 0.386. The van der Waals surface area contributed by atoms with Crippen molar-refractivity contribution >= 4 is 27.5 Å². The van der Waals surface area contributed by atoms with Gasteiger partial charge in [0.2, 0.25) is 0 Å². The van der Waals surface area contributed by atoms with E-state index >= 15 is 0 Å². The Morgan fingerprint density at radius 2 is 2.21 bits per heavy atom. The molecular weight excluding hydrogens is 326 g/mol. The first-order chi connectivity index (χ1) is 9.08. The second-order valence-electron chi connectivity index (χ2n) is 4.32. The molecule has 0 bridgehead atoms. The number of halogens is 2. The molecule has 2 aromatic rings. The molecule has 1 aromatic carbocycles. The molecule has 5 heteroatoms. The van der Waals surface area contributed by atoms with Crippen LogP contribution in [-0.4, -0.2) is 9.78 Å². The molecule has 1 heterocycles. The number of hydrogen-bond donors (Lipinski definition) is 0. The standard InChI is InChI=1S/C14H13BrClN3/c1-3-4-12-11(8-17)14(16)19(18-12)13-6-5-10(15)7-9(13)2/h5-7H,3-4H2,1-2H3. The smallest absolute Gasteiger partial charge is 0.150 e. The molecular formula is C14H13BrClN3. The van der Waals surface area contributed by atoms with Crippen molar-refractivity contribution < 1.29 is 0 Å². The van der Waals surface area contributed by atoms with Gasteiger partial charge in [0.15, 0.2) is 5.15 Å². The zero-order chi connectivity index (χ0) is 14.0. The molecule has 0 amide bonds. The van der Waals surface area contributed by atoms with Gasteiger partial charge in [-0.2, -0.15) is 10.4 Å². The summed E-state index contributed by atoms with van der Waals surface area (Å²) >= 11 is 9.71. The van der Waals surface area contributed by atoms with E-state index in [4.69, 9.17) is 11.6 Å². The first-order valence-corrected chi connectivity index (χ1v) is 7.19. The Kier molecular flexibility index (Phi) is 4.28. The predicted octanol–water partition coefficient (Wildman–Crippen LogP) is 4.42. The van der Waals surface area contributed by atoms with Crippen molar-refractivity contribution in [2.75, 3.05) is 0 Å². The first kappa shape index (κ1) is 14.1. The van der Waals surface area contributed by atoms with E-state index < -0.39 is 0 Å². The fourth-order valence-electron chi connectivity index (χ4n) is 1.98. The molecule has 0 aliphatic rings. The van der Waals surface area contributed by atoms with Gasteiger partial charge in [0.05, 0.1) is 11.4 Å². The normalized spacial score (nSPS) is 10.5. The summed E-state index contributed by atoms with van der Waals surface area (Å²) in [6.45, 7) is 4.04. The lowest BCUT2D eigenvalue weighted by Gasteiger charge is -2.07. The lowest BCUT2D eigenvalue weighted by Crippen LogP contribution is -2.00. The fraction of sp³-hybridized carbons (Fsp3) is 0.286. The molecule has 0 unspecified atom stereocenters. The van der Waals surface area contributed by atoms with Gasteiger partial charge in [0, 0.05) is 4.47 Å². The summed E-state index contributed by atoms with van der Waals surface area (Å²) in [4.78, 5) is 0. The van der Waals surface area contributed by atoms with Crippen LogP contribution in [0.4, 0.5) is 0 Å². The zero-order valence-corrected chi connectivity index (χ0v) is 13.1. The van der Waals surface area contributed by atoms with Crippen molar-refractivity contribution in [3.8, 4) is 11.8 Å². The lowest BCUT2D eigenvalue weighted by atomic mass is 10.2. The Morgan fingerprint density at radius 1 is 1.47 bits per heavy atom. The van der Waals surface area contributed by atoms with Gasteiger partial charge in [-0.25, -0.2) is 4.68 Å². The van der Waals surface area contributed by atoms with Crippen molar-refractivity contribution in [2.45, 2.75) is 26.7 Å². The van der Waals surface area contributed by atoms with Gasteiger partial charge in [0.25, 0.3) is 0 Å². The minimum Gasteiger partial charge on any atom is -0.220 e. The van der Waals surface area contributed by atoms with Crippen molar-refractivity contribution in [3.05, 3.63) is 44.6 Å². The predicted molar refractivity (Wildman–Crippen MR) is 79.7 cm³/mol. The van der Waals surface area contributed by atoms with Gasteiger partial charge in [-0.3, -0.25) is 0 Å². The summed E-state index contributed by atoms with van der Waals surface area (Å²) in [6.07, 6.45) is 1.69. The summed E-state index contributed by atoms with van der Waals surface area (Å²) in [5, 5.41) is 14.1. The summed E-state index contributed by atoms with van der Waals surface area (Å²) in [7, 11) is 0. The average molecular weight is 339 g/mol.